The van der Waals surface area contributed by atoms with Crippen molar-refractivity contribution in [2.24, 2.45) is 11.8 Å². The van der Waals surface area contributed by atoms with Crippen LogP contribution in [0.25, 0.3) is 0 Å². The van der Waals surface area contributed by atoms with Gasteiger partial charge in [-0.1, -0.05) is 12.1 Å². The van der Waals surface area contributed by atoms with E-state index in [1.165, 1.54) is 0 Å². The predicted octanol–water partition coefficient (Wildman–Crippen LogP) is 2.91. The van der Waals surface area contributed by atoms with E-state index in [-0.39, 0.29) is 30.5 Å². The number of methoxy groups -OCH3 is 2. The summed E-state index contributed by atoms with van der Waals surface area (Å²) in [6.45, 7) is 0.670. The van der Waals surface area contributed by atoms with Crippen molar-refractivity contribution in [1.29, 1.82) is 0 Å². The second-order valence-electron chi connectivity index (χ2n) is 7.08. The zero-order valence-electron chi connectivity index (χ0n) is 15.2. The molecule has 0 aromatic heterocycles. The van der Waals surface area contributed by atoms with E-state index in [1.54, 1.807) is 14.2 Å². The molecule has 3 unspecified atom stereocenters. The molecule has 0 saturated carbocycles. The van der Waals surface area contributed by atoms with E-state index < -0.39 is 0 Å². The third-order valence-electron chi connectivity index (χ3n) is 5.80. The van der Waals surface area contributed by atoms with Gasteiger partial charge in [-0.25, -0.2) is 0 Å². The van der Waals surface area contributed by atoms with Gasteiger partial charge in [0.1, 0.15) is 0 Å². The van der Waals surface area contributed by atoms with Crippen LogP contribution in [0.5, 0.6) is 23.0 Å². The van der Waals surface area contributed by atoms with Gasteiger partial charge in [-0.2, -0.15) is 0 Å². The number of esters is 1. The standard InChI is InChI=1S/C21H20O6/c1-23-15-6-4-11-7-13-9-25-21(22)19(13)17(18(11)20(15)24-2)12-3-5-14-16(8-12)27-10-26-14/h3-6,8,13,17,19H,7,9-10H2,1-2H3. The first kappa shape index (κ1) is 16.3. The van der Waals surface area contributed by atoms with E-state index in [2.05, 4.69) is 6.07 Å². The highest BCUT2D eigenvalue weighted by Gasteiger charge is 2.49. The highest BCUT2D eigenvalue weighted by molar-refractivity contribution is 5.79. The minimum atomic E-state index is -0.251. The summed E-state index contributed by atoms with van der Waals surface area (Å²) in [6, 6.07) is 9.84. The maximum atomic E-state index is 12.6. The molecule has 140 valence electrons. The Balaban J connectivity index is 1.73. The summed E-state index contributed by atoms with van der Waals surface area (Å²) in [5.74, 6) is 2.31. The minimum absolute atomic E-state index is 0.151. The fourth-order valence-electron chi connectivity index (χ4n) is 4.63. The van der Waals surface area contributed by atoms with Crippen molar-refractivity contribution >= 4 is 5.97 Å². The van der Waals surface area contributed by atoms with Gasteiger partial charge >= 0.3 is 5.97 Å². The Labute approximate surface area is 156 Å². The summed E-state index contributed by atoms with van der Waals surface area (Å²) in [4.78, 5) is 12.6. The van der Waals surface area contributed by atoms with Crippen LogP contribution >= 0.6 is 0 Å². The topological polar surface area (TPSA) is 63.2 Å². The molecule has 6 heteroatoms. The monoisotopic (exact) mass is 368 g/mol. The number of cyclic esters (lactones) is 1. The Kier molecular flexibility index (Phi) is 3.67. The van der Waals surface area contributed by atoms with E-state index in [1.807, 2.05) is 24.3 Å². The van der Waals surface area contributed by atoms with E-state index in [0.29, 0.717) is 23.9 Å². The number of ether oxygens (including phenoxy) is 5. The Hall–Kier alpha value is -2.89. The van der Waals surface area contributed by atoms with Crippen molar-refractivity contribution < 1.29 is 28.5 Å². The molecule has 0 spiro atoms. The number of hydrogen-bond donors (Lipinski definition) is 0. The molecule has 2 aromatic rings. The molecule has 3 atom stereocenters. The van der Waals surface area contributed by atoms with Crippen LogP contribution in [0.4, 0.5) is 0 Å². The van der Waals surface area contributed by atoms with Gasteiger partial charge in [0, 0.05) is 17.4 Å². The second kappa shape index (κ2) is 6.08. The molecule has 2 heterocycles. The summed E-state index contributed by atoms with van der Waals surface area (Å²) in [5.41, 5.74) is 3.14. The Morgan fingerprint density at radius 3 is 2.67 bits per heavy atom. The van der Waals surface area contributed by atoms with Gasteiger partial charge in [0.05, 0.1) is 26.7 Å². The van der Waals surface area contributed by atoms with Crippen LogP contribution < -0.4 is 18.9 Å². The van der Waals surface area contributed by atoms with Gasteiger partial charge in [0.2, 0.25) is 6.79 Å². The summed E-state index contributed by atoms with van der Waals surface area (Å²) < 4.78 is 27.7. The van der Waals surface area contributed by atoms with Crippen molar-refractivity contribution in [2.75, 3.05) is 27.6 Å². The number of hydrogen-bond acceptors (Lipinski definition) is 6. The van der Waals surface area contributed by atoms with E-state index in [0.717, 1.165) is 28.9 Å². The van der Waals surface area contributed by atoms with E-state index >= 15 is 0 Å². The molecule has 1 fully saturated rings. The fraction of sp³-hybridized carbons (Fsp3) is 0.381. The lowest BCUT2D eigenvalue weighted by atomic mass is 9.67. The SMILES string of the molecule is COc1ccc2c(c1OC)C(c1ccc3c(c1)OCO3)C1C(=O)OCC1C2. The summed E-state index contributed by atoms with van der Waals surface area (Å²) in [5, 5.41) is 0. The lowest BCUT2D eigenvalue weighted by molar-refractivity contribution is -0.141. The Bertz CT molecular complexity index is 921. The number of rotatable bonds is 3. The fourth-order valence-corrected chi connectivity index (χ4v) is 4.63. The first-order valence-corrected chi connectivity index (χ1v) is 9.01. The van der Waals surface area contributed by atoms with Gasteiger partial charge in [0.15, 0.2) is 23.0 Å². The number of fused-ring (bicyclic) bond motifs is 3. The first-order chi connectivity index (χ1) is 13.2. The predicted molar refractivity (Wildman–Crippen MR) is 95.6 cm³/mol. The minimum Gasteiger partial charge on any atom is -0.493 e. The Morgan fingerprint density at radius 1 is 1.00 bits per heavy atom. The maximum Gasteiger partial charge on any atom is 0.310 e. The molecule has 5 rings (SSSR count). The van der Waals surface area contributed by atoms with Gasteiger partial charge in [-0.3, -0.25) is 4.79 Å². The van der Waals surface area contributed by atoms with Crippen LogP contribution in [0.3, 0.4) is 0 Å². The molecule has 1 saturated heterocycles. The Morgan fingerprint density at radius 2 is 1.85 bits per heavy atom. The van der Waals surface area contributed by atoms with Crippen LogP contribution in [0.2, 0.25) is 0 Å². The molecule has 1 aliphatic carbocycles. The first-order valence-electron chi connectivity index (χ1n) is 9.01. The molecule has 0 bridgehead atoms. The van der Waals surface area contributed by atoms with Gasteiger partial charge in [0.25, 0.3) is 0 Å². The van der Waals surface area contributed by atoms with Crippen molar-refractivity contribution in [3.05, 3.63) is 47.0 Å². The molecule has 0 radical (unpaired) electrons. The molecular weight excluding hydrogens is 348 g/mol. The van der Waals surface area contributed by atoms with Crippen LogP contribution in [0.15, 0.2) is 30.3 Å². The van der Waals surface area contributed by atoms with E-state index in [9.17, 15) is 4.79 Å². The van der Waals surface area contributed by atoms with Crippen molar-refractivity contribution in [3.63, 3.8) is 0 Å². The van der Waals surface area contributed by atoms with Crippen LogP contribution in [0.1, 0.15) is 22.6 Å². The van der Waals surface area contributed by atoms with Gasteiger partial charge < -0.3 is 23.7 Å². The molecular formula is C21H20O6. The lowest BCUT2D eigenvalue weighted by Gasteiger charge is -2.34. The average Bonchev–Trinajstić information content (AvgIpc) is 3.31. The number of carbonyl (C=O) groups is 1. The normalized spacial score (nSPS) is 24.8. The molecule has 3 aliphatic rings. The van der Waals surface area contributed by atoms with Crippen LogP contribution in [-0.4, -0.2) is 33.6 Å². The average molecular weight is 368 g/mol. The maximum absolute atomic E-state index is 12.6. The van der Waals surface area contributed by atoms with Gasteiger partial charge in [-0.05, 0) is 35.7 Å². The molecule has 2 aliphatic heterocycles. The number of carbonyl (C=O) groups excluding carboxylic acids is 1. The molecule has 2 aromatic carbocycles. The van der Waals surface area contributed by atoms with E-state index in [4.69, 9.17) is 23.7 Å². The smallest absolute Gasteiger partial charge is 0.310 e. The molecule has 0 amide bonds. The zero-order chi connectivity index (χ0) is 18.5. The molecule has 6 nitrogen and oxygen atoms in total. The summed E-state index contributed by atoms with van der Waals surface area (Å²) in [6.07, 6.45) is 0.785. The zero-order valence-corrected chi connectivity index (χ0v) is 15.2. The van der Waals surface area contributed by atoms with Crippen molar-refractivity contribution in [3.8, 4) is 23.0 Å². The van der Waals surface area contributed by atoms with Crippen LogP contribution in [-0.2, 0) is 16.0 Å². The third-order valence-corrected chi connectivity index (χ3v) is 5.80. The number of benzene rings is 2. The molecule has 27 heavy (non-hydrogen) atoms. The van der Waals surface area contributed by atoms with Gasteiger partial charge in [-0.15, -0.1) is 0 Å². The second-order valence-corrected chi connectivity index (χ2v) is 7.08. The van der Waals surface area contributed by atoms with Crippen LogP contribution in [0, 0.1) is 11.8 Å². The van der Waals surface area contributed by atoms with Crippen molar-refractivity contribution in [1.82, 2.24) is 0 Å². The highest BCUT2D eigenvalue weighted by Crippen LogP contribution is 2.53. The third kappa shape index (κ3) is 2.36. The lowest BCUT2D eigenvalue weighted by Crippen LogP contribution is -2.32. The van der Waals surface area contributed by atoms with Crippen molar-refractivity contribution in [2.45, 2.75) is 12.3 Å². The highest BCUT2D eigenvalue weighted by atomic mass is 16.7. The summed E-state index contributed by atoms with van der Waals surface area (Å²) >= 11 is 0. The largest absolute Gasteiger partial charge is 0.493 e. The quantitative estimate of drug-likeness (QED) is 0.777. The summed E-state index contributed by atoms with van der Waals surface area (Å²) in [7, 11) is 3.25. The molecule has 0 N–H and O–H groups in total.